The maximum absolute atomic E-state index is 12.2. The second-order valence-corrected chi connectivity index (χ2v) is 5.79. The molecule has 1 aromatic carbocycles. The third kappa shape index (κ3) is 2.43. The van der Waals surface area contributed by atoms with E-state index in [2.05, 4.69) is 24.4 Å². The van der Waals surface area contributed by atoms with Crippen LogP contribution in [0.1, 0.15) is 54.1 Å². The molecule has 0 spiro atoms. The minimum atomic E-state index is 0.0998. The Hall–Kier alpha value is -1.31. The van der Waals surface area contributed by atoms with E-state index in [0.29, 0.717) is 12.0 Å². The van der Waals surface area contributed by atoms with Gasteiger partial charge in [-0.1, -0.05) is 6.07 Å². The van der Waals surface area contributed by atoms with Crippen molar-refractivity contribution < 1.29 is 4.79 Å². The van der Waals surface area contributed by atoms with Crippen LogP contribution in [0, 0.1) is 5.92 Å². The minimum absolute atomic E-state index is 0.0998. The topological polar surface area (TPSA) is 29.1 Å². The number of aryl methyl sites for hydroxylation is 2. The van der Waals surface area contributed by atoms with E-state index < -0.39 is 0 Å². The van der Waals surface area contributed by atoms with Gasteiger partial charge in [0.2, 0.25) is 0 Å². The van der Waals surface area contributed by atoms with Crippen LogP contribution in [0.5, 0.6) is 0 Å². The van der Waals surface area contributed by atoms with Gasteiger partial charge in [-0.25, -0.2) is 0 Å². The normalized spacial score (nSPS) is 20.1. The summed E-state index contributed by atoms with van der Waals surface area (Å²) < 4.78 is 0. The molecule has 2 aliphatic rings. The molecule has 1 saturated carbocycles. The van der Waals surface area contributed by atoms with Crippen molar-refractivity contribution in [2.75, 3.05) is 0 Å². The van der Waals surface area contributed by atoms with Gasteiger partial charge in [-0.2, -0.15) is 0 Å². The Labute approximate surface area is 109 Å². The van der Waals surface area contributed by atoms with Gasteiger partial charge in [0.05, 0.1) is 0 Å². The van der Waals surface area contributed by atoms with E-state index in [9.17, 15) is 4.79 Å². The lowest BCUT2D eigenvalue weighted by Crippen LogP contribution is -2.34. The molecule has 1 amide bonds. The summed E-state index contributed by atoms with van der Waals surface area (Å²) in [6, 6.07) is 6.56. The first-order valence-electron chi connectivity index (χ1n) is 7.17. The third-order valence-electron chi connectivity index (χ3n) is 4.30. The predicted octanol–water partition coefficient (Wildman–Crippen LogP) is 3.09. The van der Waals surface area contributed by atoms with Crippen LogP contribution in [-0.4, -0.2) is 11.9 Å². The first-order chi connectivity index (χ1) is 8.74. The van der Waals surface area contributed by atoms with Crippen molar-refractivity contribution in [1.29, 1.82) is 0 Å². The third-order valence-corrected chi connectivity index (χ3v) is 4.30. The summed E-state index contributed by atoms with van der Waals surface area (Å²) >= 11 is 0. The molecule has 2 heteroatoms. The number of benzene rings is 1. The maximum atomic E-state index is 12.2. The van der Waals surface area contributed by atoms with Crippen molar-refractivity contribution >= 4 is 5.91 Å². The number of hydrogen-bond donors (Lipinski definition) is 1. The molecule has 3 rings (SSSR count). The first-order valence-corrected chi connectivity index (χ1v) is 7.17. The van der Waals surface area contributed by atoms with E-state index in [1.165, 1.54) is 43.2 Å². The van der Waals surface area contributed by atoms with Crippen LogP contribution in [0.25, 0.3) is 0 Å². The van der Waals surface area contributed by atoms with Crippen LogP contribution in [0.2, 0.25) is 0 Å². The van der Waals surface area contributed by atoms with E-state index in [0.717, 1.165) is 12.0 Å². The van der Waals surface area contributed by atoms with Gasteiger partial charge in [-0.15, -0.1) is 0 Å². The van der Waals surface area contributed by atoms with Gasteiger partial charge < -0.3 is 5.32 Å². The first kappa shape index (κ1) is 11.8. The number of carbonyl (C=O) groups excluding carboxylic acids is 1. The summed E-state index contributed by atoms with van der Waals surface area (Å²) in [4.78, 5) is 12.2. The molecule has 1 aromatic rings. The smallest absolute Gasteiger partial charge is 0.251 e. The fourth-order valence-corrected chi connectivity index (χ4v) is 2.88. The lowest BCUT2D eigenvalue weighted by Gasteiger charge is -2.17. The summed E-state index contributed by atoms with van der Waals surface area (Å²) in [6.45, 7) is 2.12. The molecule has 18 heavy (non-hydrogen) atoms. The Morgan fingerprint density at radius 2 is 1.94 bits per heavy atom. The van der Waals surface area contributed by atoms with E-state index >= 15 is 0 Å². The van der Waals surface area contributed by atoms with E-state index in [-0.39, 0.29) is 5.91 Å². The fraction of sp³-hybridized carbons (Fsp3) is 0.562. The van der Waals surface area contributed by atoms with Gasteiger partial charge in [0, 0.05) is 11.6 Å². The molecule has 2 nitrogen and oxygen atoms in total. The number of carbonyl (C=O) groups is 1. The zero-order valence-electron chi connectivity index (χ0n) is 11.0. The number of fused-ring (bicyclic) bond motifs is 1. The van der Waals surface area contributed by atoms with Crippen LogP contribution >= 0.6 is 0 Å². The highest BCUT2D eigenvalue weighted by Crippen LogP contribution is 2.32. The molecular weight excluding hydrogens is 222 g/mol. The Kier molecular flexibility index (Phi) is 3.11. The average molecular weight is 243 g/mol. The standard InChI is InChI=1S/C16H21NO/c1-11(12-6-7-12)17-16(18)15-9-8-13-4-2-3-5-14(13)10-15/h8-12H,2-7H2,1H3,(H,17,18). The lowest BCUT2D eigenvalue weighted by molar-refractivity contribution is 0.0935. The van der Waals surface area contributed by atoms with Gasteiger partial charge in [0.25, 0.3) is 5.91 Å². The van der Waals surface area contributed by atoms with Crippen molar-refractivity contribution in [2.45, 2.75) is 51.5 Å². The molecule has 2 aliphatic carbocycles. The highest BCUT2D eigenvalue weighted by Gasteiger charge is 2.29. The van der Waals surface area contributed by atoms with E-state index in [1.807, 2.05) is 6.07 Å². The van der Waals surface area contributed by atoms with Crippen LogP contribution in [0.4, 0.5) is 0 Å². The molecule has 0 bridgehead atoms. The average Bonchev–Trinajstić information content (AvgIpc) is 3.22. The largest absolute Gasteiger partial charge is 0.349 e. The van der Waals surface area contributed by atoms with Gasteiger partial charge in [-0.05, 0) is 74.6 Å². The van der Waals surface area contributed by atoms with Crippen LogP contribution < -0.4 is 5.32 Å². The summed E-state index contributed by atoms with van der Waals surface area (Å²) in [5, 5.41) is 3.13. The predicted molar refractivity (Wildman–Crippen MR) is 72.7 cm³/mol. The van der Waals surface area contributed by atoms with Crippen LogP contribution in [-0.2, 0) is 12.8 Å². The molecule has 0 radical (unpaired) electrons. The Balaban J connectivity index is 1.72. The molecule has 0 aromatic heterocycles. The van der Waals surface area contributed by atoms with E-state index in [1.54, 1.807) is 0 Å². The van der Waals surface area contributed by atoms with E-state index in [4.69, 9.17) is 0 Å². The van der Waals surface area contributed by atoms with Gasteiger partial charge >= 0.3 is 0 Å². The highest BCUT2D eigenvalue weighted by molar-refractivity contribution is 5.94. The van der Waals surface area contributed by atoms with Crippen molar-refractivity contribution in [3.05, 3.63) is 34.9 Å². The quantitative estimate of drug-likeness (QED) is 0.868. The van der Waals surface area contributed by atoms with Crippen LogP contribution in [0.15, 0.2) is 18.2 Å². The van der Waals surface area contributed by atoms with Crippen molar-refractivity contribution in [3.8, 4) is 0 Å². The molecule has 96 valence electrons. The minimum Gasteiger partial charge on any atom is -0.349 e. The highest BCUT2D eigenvalue weighted by atomic mass is 16.1. The summed E-state index contributed by atoms with van der Waals surface area (Å²) in [5.41, 5.74) is 3.66. The number of hydrogen-bond acceptors (Lipinski definition) is 1. The summed E-state index contributed by atoms with van der Waals surface area (Å²) in [7, 11) is 0. The number of nitrogens with one attached hydrogen (secondary N) is 1. The van der Waals surface area contributed by atoms with Crippen molar-refractivity contribution in [3.63, 3.8) is 0 Å². The summed E-state index contributed by atoms with van der Waals surface area (Å²) in [5.74, 6) is 0.814. The molecular formula is C16H21NO. The summed E-state index contributed by atoms with van der Waals surface area (Å²) in [6.07, 6.45) is 7.40. The SMILES string of the molecule is CC(NC(=O)c1ccc2c(c1)CCCC2)C1CC1. The second kappa shape index (κ2) is 4.75. The monoisotopic (exact) mass is 243 g/mol. The number of amides is 1. The lowest BCUT2D eigenvalue weighted by atomic mass is 9.90. The molecule has 0 aliphatic heterocycles. The van der Waals surface area contributed by atoms with Gasteiger partial charge in [0.15, 0.2) is 0 Å². The second-order valence-electron chi connectivity index (χ2n) is 5.79. The molecule has 0 saturated heterocycles. The number of rotatable bonds is 3. The molecule has 1 fully saturated rings. The molecule has 1 atom stereocenters. The zero-order chi connectivity index (χ0) is 12.5. The zero-order valence-corrected chi connectivity index (χ0v) is 11.0. The fourth-order valence-electron chi connectivity index (χ4n) is 2.88. The molecule has 1 unspecified atom stereocenters. The molecule has 1 N–H and O–H groups in total. The van der Waals surface area contributed by atoms with Gasteiger partial charge in [-0.3, -0.25) is 4.79 Å². The van der Waals surface area contributed by atoms with Crippen molar-refractivity contribution in [2.24, 2.45) is 5.92 Å². The van der Waals surface area contributed by atoms with Crippen molar-refractivity contribution in [1.82, 2.24) is 5.32 Å². The Bertz CT molecular complexity index is 462. The molecule has 0 heterocycles. The Morgan fingerprint density at radius 1 is 1.22 bits per heavy atom. The Morgan fingerprint density at radius 3 is 2.67 bits per heavy atom. The van der Waals surface area contributed by atoms with Gasteiger partial charge in [0.1, 0.15) is 0 Å². The van der Waals surface area contributed by atoms with Crippen LogP contribution in [0.3, 0.4) is 0 Å². The maximum Gasteiger partial charge on any atom is 0.251 e.